The second-order valence-electron chi connectivity index (χ2n) is 8.49. The van der Waals surface area contributed by atoms with Gasteiger partial charge < -0.3 is 9.88 Å². The van der Waals surface area contributed by atoms with Crippen LogP contribution >= 0.6 is 0 Å². The summed E-state index contributed by atoms with van der Waals surface area (Å²) in [5.41, 5.74) is -0.0313. The molecule has 4 aromatic rings. The number of benzene rings is 2. The number of nitrogens with zero attached hydrogens (tertiary/aromatic N) is 5. The van der Waals surface area contributed by atoms with Crippen molar-refractivity contribution >= 4 is 22.6 Å². The number of halogens is 5. The van der Waals surface area contributed by atoms with E-state index in [9.17, 15) is 18.0 Å². The lowest BCUT2D eigenvalue weighted by atomic mass is 9.78. The Morgan fingerprint density at radius 3 is 2.41 bits per heavy atom. The van der Waals surface area contributed by atoms with Gasteiger partial charge in [-0.15, -0.1) is 5.10 Å². The lowest BCUT2D eigenvalue weighted by Crippen LogP contribution is -2.56. The van der Waals surface area contributed by atoms with Crippen LogP contribution < -0.4 is 4.90 Å². The Labute approximate surface area is 188 Å². The van der Waals surface area contributed by atoms with Crippen molar-refractivity contribution in [1.29, 1.82) is 0 Å². The summed E-state index contributed by atoms with van der Waals surface area (Å²) in [6, 6.07) is 5.98. The molecule has 2 atom stereocenters. The highest BCUT2D eigenvalue weighted by Crippen LogP contribution is 2.55. The Hall–Kier alpha value is -3.83. The number of carbonyl (C=O) groups is 1. The molecule has 34 heavy (non-hydrogen) atoms. The number of aromatic nitrogens is 5. The van der Waals surface area contributed by atoms with Crippen molar-refractivity contribution in [2.45, 2.75) is 25.1 Å². The molecule has 0 spiro atoms. The summed E-state index contributed by atoms with van der Waals surface area (Å²) in [4.78, 5) is 21.5. The fraction of sp³-hybridized carbons (Fsp3) is 0.273. The van der Waals surface area contributed by atoms with Gasteiger partial charge in [0.05, 0.1) is 41.2 Å². The van der Waals surface area contributed by atoms with E-state index < -0.39 is 35.5 Å². The van der Waals surface area contributed by atoms with Crippen molar-refractivity contribution in [2.75, 3.05) is 4.90 Å². The third kappa shape index (κ3) is 3.16. The van der Waals surface area contributed by atoms with Crippen molar-refractivity contribution in [3.63, 3.8) is 0 Å². The number of imidazole rings is 1. The molecular weight excluding hydrogens is 459 g/mol. The summed E-state index contributed by atoms with van der Waals surface area (Å²) in [6.07, 6.45) is -1.10. The van der Waals surface area contributed by atoms with Crippen LogP contribution in [0.1, 0.15) is 30.1 Å². The highest BCUT2D eigenvalue weighted by atomic mass is 19.4. The molecule has 1 aliphatic carbocycles. The number of H-pyrrole nitrogens is 1. The molecule has 174 valence electrons. The van der Waals surface area contributed by atoms with Gasteiger partial charge in [0.1, 0.15) is 11.6 Å². The molecule has 1 saturated heterocycles. The molecule has 3 heterocycles. The van der Waals surface area contributed by atoms with Gasteiger partial charge in [0, 0.05) is 23.4 Å². The van der Waals surface area contributed by atoms with Gasteiger partial charge in [-0.05, 0) is 37.0 Å². The molecule has 2 aliphatic rings. The van der Waals surface area contributed by atoms with E-state index in [1.165, 1.54) is 11.2 Å². The number of β-lactam (4-membered cyclic amide) rings is 1. The fourth-order valence-corrected chi connectivity index (χ4v) is 4.60. The van der Waals surface area contributed by atoms with Crippen molar-refractivity contribution < 1.29 is 26.7 Å². The van der Waals surface area contributed by atoms with Gasteiger partial charge in [0.25, 0.3) is 0 Å². The third-order valence-electron chi connectivity index (χ3n) is 6.36. The van der Waals surface area contributed by atoms with Crippen molar-refractivity contribution in [3.8, 4) is 5.69 Å². The number of hydrogen-bond acceptors (Lipinski definition) is 4. The van der Waals surface area contributed by atoms with Crippen LogP contribution in [0.15, 0.2) is 42.9 Å². The summed E-state index contributed by atoms with van der Waals surface area (Å²) in [7, 11) is 0. The first-order valence-electron chi connectivity index (χ1n) is 10.5. The molecule has 6 rings (SSSR count). The molecule has 12 heteroatoms. The van der Waals surface area contributed by atoms with E-state index in [2.05, 4.69) is 20.3 Å². The topological polar surface area (TPSA) is 79.7 Å². The molecule has 1 saturated carbocycles. The highest BCUT2D eigenvalue weighted by molar-refractivity contribution is 6.04. The zero-order valence-electron chi connectivity index (χ0n) is 17.2. The van der Waals surface area contributed by atoms with Gasteiger partial charge in [-0.2, -0.15) is 13.2 Å². The maximum Gasteiger partial charge on any atom is 0.436 e. The number of fused-ring (bicyclic) bond motifs is 1. The molecule has 2 fully saturated rings. The number of carbonyl (C=O) groups excluding carboxylic acids is 1. The van der Waals surface area contributed by atoms with Crippen LogP contribution in [0.25, 0.3) is 16.7 Å². The summed E-state index contributed by atoms with van der Waals surface area (Å²) < 4.78 is 69.8. The average Bonchev–Trinajstić information content (AvgIpc) is 3.26. The number of nitrogens with one attached hydrogen (secondary N) is 1. The molecule has 2 aromatic carbocycles. The van der Waals surface area contributed by atoms with Crippen molar-refractivity contribution in [2.24, 2.45) is 11.8 Å². The summed E-state index contributed by atoms with van der Waals surface area (Å²) in [6.45, 7) is 0. The van der Waals surface area contributed by atoms with Gasteiger partial charge in [-0.1, -0.05) is 5.21 Å². The number of amides is 1. The van der Waals surface area contributed by atoms with Crippen molar-refractivity contribution in [3.05, 3.63) is 65.7 Å². The van der Waals surface area contributed by atoms with E-state index in [0.717, 1.165) is 30.5 Å². The molecule has 2 aromatic heterocycles. The maximum atomic E-state index is 15.3. The molecule has 0 bridgehead atoms. The summed E-state index contributed by atoms with van der Waals surface area (Å²) in [5, 5.41) is 6.35. The SMILES string of the molecule is O=C1[C@H](C2CC2)C(c2c(F)cc(-n3cc(C(F)(F)F)nn3)cc2F)N1c1ccc2[nH]cnc2c1. The lowest BCUT2D eigenvalue weighted by molar-refractivity contribution is -0.141. The molecule has 1 amide bonds. The molecule has 1 aliphatic heterocycles. The largest absolute Gasteiger partial charge is 0.436 e. The van der Waals surface area contributed by atoms with Gasteiger partial charge in [0.2, 0.25) is 5.91 Å². The summed E-state index contributed by atoms with van der Waals surface area (Å²) in [5.74, 6) is -2.73. The minimum Gasteiger partial charge on any atom is -0.345 e. The van der Waals surface area contributed by atoms with Gasteiger partial charge in [-0.25, -0.2) is 18.4 Å². The second-order valence-corrected chi connectivity index (χ2v) is 8.49. The van der Waals surface area contributed by atoms with Crippen LogP contribution in [-0.2, 0) is 11.0 Å². The quantitative estimate of drug-likeness (QED) is 0.348. The zero-order chi connectivity index (χ0) is 23.8. The highest BCUT2D eigenvalue weighted by Gasteiger charge is 2.56. The first-order chi connectivity index (χ1) is 16.2. The third-order valence-corrected chi connectivity index (χ3v) is 6.36. The van der Waals surface area contributed by atoms with Gasteiger partial charge in [-0.3, -0.25) is 4.79 Å². The molecular formula is C22H15F5N6O. The van der Waals surface area contributed by atoms with Crippen LogP contribution in [0.2, 0.25) is 0 Å². The van der Waals surface area contributed by atoms with E-state index in [1.807, 2.05) is 0 Å². The minimum atomic E-state index is -4.74. The lowest BCUT2D eigenvalue weighted by Gasteiger charge is -2.48. The van der Waals surface area contributed by atoms with E-state index >= 15 is 8.78 Å². The van der Waals surface area contributed by atoms with E-state index in [-0.39, 0.29) is 23.1 Å². The number of hydrogen-bond donors (Lipinski definition) is 1. The van der Waals surface area contributed by atoms with E-state index in [0.29, 0.717) is 22.1 Å². The van der Waals surface area contributed by atoms with Crippen LogP contribution in [0.3, 0.4) is 0 Å². The Balaban J connectivity index is 1.41. The van der Waals surface area contributed by atoms with Crippen LogP contribution in [0.4, 0.5) is 27.6 Å². The number of rotatable bonds is 4. The normalized spacial score (nSPS) is 20.7. The standard InChI is InChI=1S/C22H15F5N6O/c23-13-5-12(32-8-17(30-31-32)22(25,26)27)6-14(24)19(13)20-18(10-1-2-10)21(34)33(20)11-3-4-15-16(7-11)29-9-28-15/h3-10,18,20H,1-2H2,(H,28,29)/t18-,20?/m1/s1. The minimum absolute atomic E-state index is 0.0333. The number of anilines is 1. The molecule has 1 unspecified atom stereocenters. The smallest absolute Gasteiger partial charge is 0.345 e. The van der Waals surface area contributed by atoms with E-state index in [4.69, 9.17) is 0 Å². The van der Waals surface area contributed by atoms with Gasteiger partial charge >= 0.3 is 6.18 Å². The fourth-order valence-electron chi connectivity index (χ4n) is 4.60. The predicted molar refractivity (Wildman–Crippen MR) is 109 cm³/mol. The second kappa shape index (κ2) is 7.08. The number of aromatic amines is 1. The first kappa shape index (κ1) is 20.8. The number of alkyl halides is 3. The first-order valence-corrected chi connectivity index (χ1v) is 10.5. The Morgan fingerprint density at radius 2 is 1.76 bits per heavy atom. The van der Waals surface area contributed by atoms with Crippen molar-refractivity contribution in [1.82, 2.24) is 25.0 Å². The zero-order valence-corrected chi connectivity index (χ0v) is 17.2. The molecule has 1 N–H and O–H groups in total. The summed E-state index contributed by atoms with van der Waals surface area (Å²) >= 11 is 0. The predicted octanol–water partition coefficient (Wildman–Crippen LogP) is 4.55. The van der Waals surface area contributed by atoms with E-state index in [1.54, 1.807) is 18.2 Å². The Kier molecular flexibility index (Phi) is 4.32. The Bertz CT molecular complexity index is 1420. The Morgan fingerprint density at radius 1 is 1.03 bits per heavy atom. The van der Waals surface area contributed by atoms with Crippen LogP contribution in [0.5, 0.6) is 0 Å². The van der Waals surface area contributed by atoms with Crippen LogP contribution in [0, 0.1) is 23.5 Å². The molecule has 0 radical (unpaired) electrons. The monoisotopic (exact) mass is 474 g/mol. The average molecular weight is 474 g/mol. The maximum absolute atomic E-state index is 15.3. The van der Waals surface area contributed by atoms with Crippen LogP contribution in [-0.4, -0.2) is 30.9 Å². The van der Waals surface area contributed by atoms with Gasteiger partial charge in [0.15, 0.2) is 5.69 Å². The molecule has 7 nitrogen and oxygen atoms in total.